The Bertz CT molecular complexity index is 551. The van der Waals surface area contributed by atoms with Crippen molar-refractivity contribution in [2.75, 3.05) is 48.8 Å². The molecule has 0 heterocycles. The van der Waals surface area contributed by atoms with E-state index in [4.69, 9.17) is 31.6 Å². The SMILES string of the molecule is C=C(C)C(=O)OCCC[Si](C)(OC)OC.C=C(C)C(=O)OCCC[Si](OC)(OC)OC. The normalized spacial score (nSPS) is 11.2. The van der Waals surface area contributed by atoms with Gasteiger partial charge >= 0.3 is 29.3 Å². The first-order valence-electron chi connectivity index (χ1n) is 9.87. The highest BCUT2D eigenvalue weighted by Gasteiger charge is 2.37. The highest BCUT2D eigenvalue weighted by atomic mass is 28.4. The van der Waals surface area contributed by atoms with Crippen LogP contribution >= 0.6 is 0 Å². The van der Waals surface area contributed by atoms with E-state index in [9.17, 15) is 9.59 Å². The molecule has 0 spiro atoms. The van der Waals surface area contributed by atoms with Crippen LogP contribution in [0.1, 0.15) is 26.7 Å². The van der Waals surface area contributed by atoms with Crippen molar-refractivity contribution in [3.05, 3.63) is 24.3 Å². The second-order valence-electron chi connectivity index (χ2n) is 6.88. The molecule has 0 saturated heterocycles. The third-order valence-electron chi connectivity index (χ3n) is 4.36. The van der Waals surface area contributed by atoms with Crippen molar-refractivity contribution in [2.45, 2.75) is 45.3 Å². The minimum atomic E-state index is -2.53. The Kier molecular flexibility index (Phi) is 17.7. The third kappa shape index (κ3) is 14.4. The molecule has 31 heavy (non-hydrogen) atoms. The minimum absolute atomic E-state index is 0.316. The molecule has 0 rings (SSSR count). The van der Waals surface area contributed by atoms with Crippen LogP contribution < -0.4 is 0 Å². The Morgan fingerprint density at radius 1 is 0.677 bits per heavy atom. The standard InChI is InChI=1S/C10H20O5Si.C10H20O4Si/c1-9(2)10(11)15-7-6-8-16(12-3,13-4)14-5;1-9(2)10(11)14-7-6-8-15(5,12-3)13-4/h1,6-8H2,2-5H3;1,6-8H2,2-5H3. The molecule has 0 radical (unpaired) electrons. The molecule has 0 N–H and O–H groups in total. The summed E-state index contributed by atoms with van der Waals surface area (Å²) in [7, 11) is 3.42. The van der Waals surface area contributed by atoms with E-state index in [1.807, 2.05) is 6.55 Å². The third-order valence-corrected chi connectivity index (χ3v) is 10.2. The van der Waals surface area contributed by atoms with E-state index >= 15 is 0 Å². The van der Waals surface area contributed by atoms with Crippen molar-refractivity contribution in [3.63, 3.8) is 0 Å². The van der Waals surface area contributed by atoms with E-state index in [0.29, 0.717) is 36.8 Å². The summed E-state index contributed by atoms with van der Waals surface area (Å²) in [6, 6.07) is 1.42. The number of carbonyl (C=O) groups is 2. The molecule has 0 amide bonds. The Morgan fingerprint density at radius 3 is 1.32 bits per heavy atom. The highest BCUT2D eigenvalue weighted by Crippen LogP contribution is 2.15. The molecule has 9 nitrogen and oxygen atoms in total. The molecule has 0 fully saturated rings. The van der Waals surface area contributed by atoms with Gasteiger partial charge in [-0.05, 0) is 39.3 Å². The lowest BCUT2D eigenvalue weighted by atomic mass is 10.4. The van der Waals surface area contributed by atoms with E-state index in [1.165, 1.54) is 0 Å². The molecule has 0 unspecified atom stereocenters. The average molecular weight is 481 g/mol. The molecule has 0 saturated carbocycles. The Morgan fingerprint density at radius 2 is 1.03 bits per heavy atom. The topological polar surface area (TPSA) is 98.8 Å². The zero-order chi connectivity index (χ0) is 24.5. The summed E-state index contributed by atoms with van der Waals surface area (Å²) in [5, 5.41) is 0. The molecule has 0 aliphatic rings. The first kappa shape index (κ1) is 31.8. The smallest absolute Gasteiger partial charge is 0.462 e. The lowest BCUT2D eigenvalue weighted by molar-refractivity contribution is -0.139. The monoisotopic (exact) mass is 480 g/mol. The fourth-order valence-electron chi connectivity index (χ4n) is 2.10. The van der Waals surface area contributed by atoms with Crippen molar-refractivity contribution in [1.82, 2.24) is 0 Å². The first-order chi connectivity index (χ1) is 14.5. The van der Waals surface area contributed by atoms with Gasteiger partial charge in [-0.25, -0.2) is 9.59 Å². The summed E-state index contributed by atoms with van der Waals surface area (Å²) < 4.78 is 36.2. The van der Waals surface area contributed by atoms with Gasteiger partial charge in [-0.2, -0.15) is 0 Å². The number of hydrogen-bond acceptors (Lipinski definition) is 9. The van der Waals surface area contributed by atoms with Gasteiger partial charge in [-0.15, -0.1) is 0 Å². The van der Waals surface area contributed by atoms with Crippen molar-refractivity contribution in [2.24, 2.45) is 0 Å². The molecule has 0 aliphatic carbocycles. The van der Waals surface area contributed by atoms with Gasteiger partial charge in [0.25, 0.3) is 0 Å². The van der Waals surface area contributed by atoms with Crippen molar-refractivity contribution >= 4 is 29.3 Å². The molecule has 0 bridgehead atoms. The summed E-state index contributed by atoms with van der Waals surface area (Å²) in [6.07, 6.45) is 1.39. The molecule has 182 valence electrons. The maximum absolute atomic E-state index is 11.1. The molecule has 0 aliphatic heterocycles. The van der Waals surface area contributed by atoms with E-state index in [-0.39, 0.29) is 11.9 Å². The first-order valence-corrected chi connectivity index (χ1v) is 14.3. The van der Waals surface area contributed by atoms with Gasteiger partial charge in [-0.1, -0.05) is 13.2 Å². The predicted molar refractivity (Wildman–Crippen MR) is 123 cm³/mol. The van der Waals surface area contributed by atoms with E-state index in [0.717, 1.165) is 12.5 Å². The molecular weight excluding hydrogens is 440 g/mol. The summed E-state index contributed by atoms with van der Waals surface area (Å²) in [6.45, 7) is 12.9. The van der Waals surface area contributed by atoms with Crippen LogP contribution in [-0.2, 0) is 41.2 Å². The van der Waals surface area contributed by atoms with Crippen LogP contribution in [0.5, 0.6) is 0 Å². The van der Waals surface area contributed by atoms with Gasteiger partial charge in [0.1, 0.15) is 0 Å². The Hall–Kier alpha value is -1.35. The van der Waals surface area contributed by atoms with E-state index < -0.39 is 17.4 Å². The van der Waals surface area contributed by atoms with E-state index in [2.05, 4.69) is 13.2 Å². The zero-order valence-corrected chi connectivity index (χ0v) is 22.3. The predicted octanol–water partition coefficient (Wildman–Crippen LogP) is 3.23. The lowest BCUT2D eigenvalue weighted by Gasteiger charge is -2.24. The number of rotatable bonds is 15. The largest absolute Gasteiger partial charge is 0.500 e. The summed E-state index contributed by atoms with van der Waals surface area (Å²) in [5.41, 5.74) is 0.822. The molecule has 11 heteroatoms. The van der Waals surface area contributed by atoms with Gasteiger partial charge in [0.2, 0.25) is 0 Å². The molecule has 0 aromatic rings. The van der Waals surface area contributed by atoms with Crippen LogP contribution in [0, 0.1) is 0 Å². The number of carbonyl (C=O) groups excluding carboxylic acids is 2. The second kappa shape index (κ2) is 17.2. The van der Waals surface area contributed by atoms with Crippen LogP contribution in [0.25, 0.3) is 0 Å². The van der Waals surface area contributed by atoms with Crippen molar-refractivity contribution in [3.8, 4) is 0 Å². The average Bonchev–Trinajstić information content (AvgIpc) is 2.77. The van der Waals surface area contributed by atoms with Gasteiger partial charge in [0, 0.05) is 52.7 Å². The van der Waals surface area contributed by atoms with Gasteiger partial charge in [-0.3, -0.25) is 0 Å². The van der Waals surface area contributed by atoms with Gasteiger partial charge in [0.15, 0.2) is 0 Å². The quantitative estimate of drug-likeness (QED) is 0.151. The Labute approximate surface area is 189 Å². The number of ether oxygens (including phenoxy) is 2. The van der Waals surface area contributed by atoms with Crippen molar-refractivity contribution in [1.29, 1.82) is 0 Å². The molecule has 0 aromatic heterocycles. The van der Waals surface area contributed by atoms with Gasteiger partial charge < -0.3 is 31.6 Å². The van der Waals surface area contributed by atoms with Crippen LogP contribution in [-0.4, -0.2) is 78.1 Å². The lowest BCUT2D eigenvalue weighted by Crippen LogP contribution is -2.42. The summed E-state index contributed by atoms with van der Waals surface area (Å²) >= 11 is 0. The van der Waals surface area contributed by atoms with Gasteiger partial charge in [0.05, 0.1) is 13.2 Å². The fraction of sp³-hybridized carbons (Fsp3) is 0.700. The maximum atomic E-state index is 11.1. The molecular formula is C20H40O9Si2. The number of hydrogen-bond donors (Lipinski definition) is 0. The zero-order valence-electron chi connectivity index (χ0n) is 20.3. The van der Waals surface area contributed by atoms with Crippen LogP contribution in [0.3, 0.4) is 0 Å². The number of esters is 2. The molecule has 0 atom stereocenters. The van der Waals surface area contributed by atoms with E-state index in [1.54, 1.807) is 49.4 Å². The van der Waals surface area contributed by atoms with Crippen molar-refractivity contribution < 1.29 is 41.2 Å². The van der Waals surface area contributed by atoms with Crippen LogP contribution in [0.15, 0.2) is 24.3 Å². The Balaban J connectivity index is 0. The van der Waals surface area contributed by atoms with Crippen LogP contribution in [0.4, 0.5) is 0 Å². The summed E-state index contributed by atoms with van der Waals surface area (Å²) in [4.78, 5) is 22.1. The highest BCUT2D eigenvalue weighted by molar-refractivity contribution is 6.65. The fourth-order valence-corrected chi connectivity index (χ4v) is 5.15. The molecule has 0 aromatic carbocycles. The van der Waals surface area contributed by atoms with Crippen LogP contribution in [0.2, 0.25) is 18.6 Å². The second-order valence-corrected chi connectivity index (χ2v) is 13.6. The maximum Gasteiger partial charge on any atom is 0.500 e. The summed E-state index contributed by atoms with van der Waals surface area (Å²) in [5.74, 6) is -0.715. The minimum Gasteiger partial charge on any atom is -0.462 e.